The summed E-state index contributed by atoms with van der Waals surface area (Å²) in [7, 11) is 2.03. The van der Waals surface area contributed by atoms with Crippen LogP contribution in [0.15, 0.2) is 42.5 Å². The van der Waals surface area contributed by atoms with Crippen LogP contribution < -0.4 is 11.3 Å². The number of benzene rings is 1. The standard InChI is InChI=1S/C16H20N4O/c1-12-5-3-8-15(18-12)11-20(2)10-13-6-4-7-14(9-13)16(21)19-17/h3-9H,10-11,17H2,1-2H3,(H,19,21). The van der Waals surface area contributed by atoms with E-state index in [0.717, 1.165) is 30.0 Å². The monoisotopic (exact) mass is 284 g/mol. The second-order valence-corrected chi connectivity index (χ2v) is 5.12. The summed E-state index contributed by atoms with van der Waals surface area (Å²) >= 11 is 0. The Morgan fingerprint density at radius 2 is 2.00 bits per heavy atom. The molecule has 3 N–H and O–H groups in total. The minimum Gasteiger partial charge on any atom is -0.296 e. The predicted octanol–water partition coefficient (Wildman–Crippen LogP) is 1.63. The van der Waals surface area contributed by atoms with Crippen LogP contribution in [0.25, 0.3) is 0 Å². The first-order valence-corrected chi connectivity index (χ1v) is 6.79. The highest BCUT2D eigenvalue weighted by atomic mass is 16.2. The van der Waals surface area contributed by atoms with Crippen molar-refractivity contribution in [2.45, 2.75) is 20.0 Å². The third-order valence-corrected chi connectivity index (χ3v) is 3.15. The van der Waals surface area contributed by atoms with Gasteiger partial charge in [-0.15, -0.1) is 0 Å². The number of carbonyl (C=O) groups excluding carboxylic acids is 1. The number of nitrogen functional groups attached to an aromatic ring is 1. The first-order valence-electron chi connectivity index (χ1n) is 6.79. The molecule has 0 saturated carbocycles. The second-order valence-electron chi connectivity index (χ2n) is 5.12. The molecule has 0 aliphatic carbocycles. The third-order valence-electron chi connectivity index (χ3n) is 3.15. The molecule has 0 bridgehead atoms. The van der Waals surface area contributed by atoms with Crippen molar-refractivity contribution in [2.24, 2.45) is 5.84 Å². The summed E-state index contributed by atoms with van der Waals surface area (Å²) < 4.78 is 0. The molecule has 0 aliphatic rings. The molecule has 0 unspecified atom stereocenters. The number of carbonyl (C=O) groups is 1. The van der Waals surface area contributed by atoms with Gasteiger partial charge in [0.1, 0.15) is 0 Å². The number of aryl methyl sites for hydroxylation is 1. The van der Waals surface area contributed by atoms with E-state index in [9.17, 15) is 4.79 Å². The van der Waals surface area contributed by atoms with E-state index in [2.05, 4.69) is 15.3 Å². The van der Waals surface area contributed by atoms with E-state index in [-0.39, 0.29) is 5.91 Å². The van der Waals surface area contributed by atoms with Crippen molar-refractivity contribution in [3.8, 4) is 0 Å². The van der Waals surface area contributed by atoms with E-state index in [1.807, 2.05) is 50.4 Å². The number of hydrogen-bond acceptors (Lipinski definition) is 4. The maximum absolute atomic E-state index is 11.5. The van der Waals surface area contributed by atoms with Gasteiger partial charge in [0.2, 0.25) is 0 Å². The molecule has 0 spiro atoms. The predicted molar refractivity (Wildman–Crippen MR) is 82.2 cm³/mol. The highest BCUT2D eigenvalue weighted by Crippen LogP contribution is 2.10. The Kier molecular flexibility index (Phi) is 5.03. The number of amides is 1. The van der Waals surface area contributed by atoms with Gasteiger partial charge in [0.15, 0.2) is 0 Å². The SMILES string of the molecule is Cc1cccc(CN(C)Cc2cccc(C(=O)NN)c2)n1. The highest BCUT2D eigenvalue weighted by molar-refractivity contribution is 5.93. The zero-order valence-corrected chi connectivity index (χ0v) is 12.3. The number of nitrogens with two attached hydrogens (primary N) is 1. The van der Waals surface area contributed by atoms with Crippen molar-refractivity contribution >= 4 is 5.91 Å². The lowest BCUT2D eigenvalue weighted by Gasteiger charge is -2.17. The van der Waals surface area contributed by atoms with Gasteiger partial charge in [-0.1, -0.05) is 18.2 Å². The van der Waals surface area contributed by atoms with Crippen LogP contribution in [-0.2, 0) is 13.1 Å². The zero-order chi connectivity index (χ0) is 15.2. The summed E-state index contributed by atoms with van der Waals surface area (Å²) in [6, 6.07) is 13.5. The average molecular weight is 284 g/mol. The minimum atomic E-state index is -0.278. The van der Waals surface area contributed by atoms with E-state index < -0.39 is 0 Å². The number of pyridine rings is 1. The Balaban J connectivity index is 2.02. The molecular weight excluding hydrogens is 264 g/mol. The molecule has 0 aliphatic heterocycles. The van der Waals surface area contributed by atoms with Crippen molar-refractivity contribution in [1.29, 1.82) is 0 Å². The van der Waals surface area contributed by atoms with Gasteiger partial charge in [-0.05, 0) is 43.8 Å². The number of rotatable bonds is 5. The molecule has 1 heterocycles. The van der Waals surface area contributed by atoms with Crippen LogP contribution in [-0.4, -0.2) is 22.8 Å². The largest absolute Gasteiger partial charge is 0.296 e. The van der Waals surface area contributed by atoms with Gasteiger partial charge in [0.05, 0.1) is 5.69 Å². The van der Waals surface area contributed by atoms with Crippen molar-refractivity contribution in [2.75, 3.05) is 7.05 Å². The normalized spacial score (nSPS) is 10.7. The van der Waals surface area contributed by atoms with Gasteiger partial charge < -0.3 is 0 Å². The van der Waals surface area contributed by atoms with E-state index in [1.54, 1.807) is 6.07 Å². The molecule has 2 aromatic rings. The summed E-state index contributed by atoms with van der Waals surface area (Å²) in [6.07, 6.45) is 0. The Morgan fingerprint density at radius 3 is 2.71 bits per heavy atom. The fraction of sp³-hybridized carbons (Fsp3) is 0.250. The molecule has 5 heteroatoms. The Hall–Kier alpha value is -2.24. The lowest BCUT2D eigenvalue weighted by molar-refractivity contribution is 0.0953. The summed E-state index contributed by atoms with van der Waals surface area (Å²) in [4.78, 5) is 18.2. The molecule has 0 saturated heterocycles. The van der Waals surface area contributed by atoms with E-state index in [0.29, 0.717) is 5.56 Å². The van der Waals surface area contributed by atoms with Gasteiger partial charge in [-0.2, -0.15) is 0 Å². The summed E-state index contributed by atoms with van der Waals surface area (Å²) in [5.41, 5.74) is 5.83. The van der Waals surface area contributed by atoms with Crippen molar-refractivity contribution in [1.82, 2.24) is 15.3 Å². The molecule has 1 aromatic heterocycles. The lowest BCUT2D eigenvalue weighted by Crippen LogP contribution is -2.30. The molecule has 5 nitrogen and oxygen atoms in total. The topological polar surface area (TPSA) is 71.2 Å². The summed E-state index contributed by atoms with van der Waals surface area (Å²) in [5.74, 6) is 4.88. The van der Waals surface area contributed by atoms with E-state index >= 15 is 0 Å². The van der Waals surface area contributed by atoms with E-state index in [4.69, 9.17) is 5.84 Å². The maximum atomic E-state index is 11.5. The number of nitrogens with zero attached hydrogens (tertiary/aromatic N) is 2. The fourth-order valence-electron chi connectivity index (χ4n) is 2.23. The van der Waals surface area contributed by atoms with Crippen LogP contribution in [0.3, 0.4) is 0 Å². The van der Waals surface area contributed by atoms with Crippen LogP contribution >= 0.6 is 0 Å². The molecule has 0 fully saturated rings. The molecule has 0 radical (unpaired) electrons. The van der Waals surface area contributed by atoms with Crippen LogP contribution in [0.2, 0.25) is 0 Å². The fourth-order valence-corrected chi connectivity index (χ4v) is 2.23. The minimum absolute atomic E-state index is 0.278. The van der Waals surface area contributed by atoms with Gasteiger partial charge in [-0.3, -0.25) is 20.1 Å². The number of aromatic nitrogens is 1. The lowest BCUT2D eigenvalue weighted by atomic mass is 10.1. The second kappa shape index (κ2) is 6.97. The van der Waals surface area contributed by atoms with Crippen LogP contribution in [0.4, 0.5) is 0 Å². The van der Waals surface area contributed by atoms with Crippen LogP contribution in [0.5, 0.6) is 0 Å². The van der Waals surface area contributed by atoms with Gasteiger partial charge >= 0.3 is 0 Å². The quantitative estimate of drug-likeness (QED) is 0.497. The third kappa shape index (κ3) is 4.37. The molecule has 21 heavy (non-hydrogen) atoms. The Labute approximate surface area is 124 Å². The first-order chi connectivity index (χ1) is 10.1. The summed E-state index contributed by atoms with van der Waals surface area (Å²) in [6.45, 7) is 3.48. The highest BCUT2D eigenvalue weighted by Gasteiger charge is 2.07. The molecule has 2 rings (SSSR count). The zero-order valence-electron chi connectivity index (χ0n) is 12.3. The van der Waals surface area contributed by atoms with E-state index in [1.165, 1.54) is 0 Å². The Morgan fingerprint density at radius 1 is 1.24 bits per heavy atom. The van der Waals surface area contributed by atoms with Crippen LogP contribution in [0, 0.1) is 6.92 Å². The van der Waals surface area contributed by atoms with Crippen molar-refractivity contribution in [3.63, 3.8) is 0 Å². The maximum Gasteiger partial charge on any atom is 0.265 e. The molecule has 0 atom stereocenters. The van der Waals surface area contributed by atoms with Crippen LogP contribution in [0.1, 0.15) is 27.3 Å². The summed E-state index contributed by atoms with van der Waals surface area (Å²) in [5, 5.41) is 0. The molecule has 1 aromatic carbocycles. The average Bonchev–Trinajstić information content (AvgIpc) is 2.46. The van der Waals surface area contributed by atoms with Crippen molar-refractivity contribution in [3.05, 3.63) is 65.0 Å². The first kappa shape index (κ1) is 15.2. The number of hydrazine groups is 1. The van der Waals surface area contributed by atoms with Gasteiger partial charge in [0.25, 0.3) is 5.91 Å². The molecular formula is C16H20N4O. The Bertz CT molecular complexity index is 627. The number of nitrogens with one attached hydrogen (secondary N) is 1. The van der Waals surface area contributed by atoms with Crippen molar-refractivity contribution < 1.29 is 4.79 Å². The van der Waals surface area contributed by atoms with Gasteiger partial charge in [0, 0.05) is 24.3 Å². The molecule has 110 valence electrons. The molecule has 1 amide bonds. The van der Waals surface area contributed by atoms with Gasteiger partial charge in [-0.25, -0.2) is 5.84 Å². The number of hydrogen-bond donors (Lipinski definition) is 2. The smallest absolute Gasteiger partial charge is 0.265 e.